The maximum Gasteiger partial charge on any atom is 0.133 e. The van der Waals surface area contributed by atoms with Crippen molar-refractivity contribution in [1.82, 2.24) is 25.3 Å². The van der Waals surface area contributed by atoms with E-state index in [1.54, 1.807) is 16.8 Å². The zero-order valence-corrected chi connectivity index (χ0v) is 43.0. The van der Waals surface area contributed by atoms with Crippen molar-refractivity contribution in [2.45, 2.75) is 146 Å². The molecule has 3 fully saturated rings. The number of nitrogens with one attached hydrogen (secondary N) is 2. The van der Waals surface area contributed by atoms with Gasteiger partial charge in [0.15, 0.2) is 0 Å². The van der Waals surface area contributed by atoms with E-state index in [-0.39, 0.29) is 54.4 Å². The van der Waals surface area contributed by atoms with Crippen molar-refractivity contribution in [1.29, 1.82) is 5.26 Å². The van der Waals surface area contributed by atoms with Crippen LogP contribution in [0.15, 0.2) is 196 Å². The molecule has 2 N–H and O–H groups in total. The highest BCUT2D eigenvalue weighted by Gasteiger charge is 2.59. The largest absolute Gasteiger partial charge is 0.361 e. The molecule has 0 aromatic carbocycles. The molecule has 374 valence electrons. The Morgan fingerprint density at radius 1 is 0.685 bits per heavy atom. The Morgan fingerprint density at radius 3 is 2.38 bits per heavy atom. The fourth-order valence-electron chi connectivity index (χ4n) is 16.7. The topological polar surface area (TPSA) is 69.9 Å². The molecule has 0 radical (unpaired) electrons. The molecule has 0 aromatic rings. The van der Waals surface area contributed by atoms with Crippen LogP contribution in [0.1, 0.15) is 90.9 Å². The summed E-state index contributed by atoms with van der Waals surface area (Å²) in [7, 11) is 0. The van der Waals surface area contributed by atoms with Crippen LogP contribution in [0.25, 0.3) is 0 Å². The van der Waals surface area contributed by atoms with E-state index in [1.165, 1.54) is 55.4 Å². The summed E-state index contributed by atoms with van der Waals surface area (Å²) in [4.78, 5) is 14.2. The molecule has 0 spiro atoms. The van der Waals surface area contributed by atoms with Gasteiger partial charge in [0.05, 0.1) is 48.4 Å². The number of allylic oxidation sites excluding steroid dienone is 15. The molecule has 0 bridgehead atoms. The van der Waals surface area contributed by atoms with Gasteiger partial charge in [0.2, 0.25) is 0 Å². The number of aliphatic imine (C=N–C) groups is 1. The van der Waals surface area contributed by atoms with Crippen LogP contribution in [0.4, 0.5) is 0 Å². The summed E-state index contributed by atoms with van der Waals surface area (Å²) in [5.74, 6) is 4.05. The van der Waals surface area contributed by atoms with Crippen LogP contribution >= 0.6 is 0 Å². The van der Waals surface area contributed by atoms with Crippen LogP contribution in [-0.2, 0) is 0 Å². The molecule has 7 nitrogen and oxygen atoms in total. The zero-order chi connectivity index (χ0) is 48.7. The molecule has 17 unspecified atom stereocenters. The molecule has 2 saturated heterocycles. The third kappa shape index (κ3) is 7.82. The predicted molar refractivity (Wildman–Crippen MR) is 296 cm³/mol. The number of rotatable bonds is 7. The fraction of sp³-hybridized carbons (Fsp3) is 0.485. The van der Waals surface area contributed by atoms with Crippen molar-refractivity contribution in [3.05, 3.63) is 191 Å². The average molecular weight is 966 g/mol. The van der Waals surface area contributed by atoms with E-state index in [4.69, 9.17) is 4.99 Å². The molecular formula is C66H75N7. The van der Waals surface area contributed by atoms with Gasteiger partial charge in [0.1, 0.15) is 12.0 Å². The Bertz CT molecular complexity index is 2850. The van der Waals surface area contributed by atoms with Gasteiger partial charge in [-0.1, -0.05) is 178 Å². The second kappa shape index (κ2) is 18.9. The third-order valence-electron chi connectivity index (χ3n) is 19.9. The molecule has 1 saturated carbocycles. The van der Waals surface area contributed by atoms with E-state index in [0.717, 1.165) is 49.9 Å². The summed E-state index contributed by atoms with van der Waals surface area (Å²) in [6.07, 6.45) is 75.1. The lowest BCUT2D eigenvalue weighted by Crippen LogP contribution is -2.59. The van der Waals surface area contributed by atoms with Gasteiger partial charge in [-0.2, -0.15) is 5.26 Å². The van der Waals surface area contributed by atoms with E-state index >= 15 is 0 Å². The normalized spacial score (nSPS) is 41.9. The number of fused-ring (bicyclic) bond motifs is 9. The number of amidine groups is 1. The number of likely N-dealkylation sites (tertiary alicyclic amines) is 2. The van der Waals surface area contributed by atoms with Gasteiger partial charge in [-0.25, -0.2) is 4.99 Å². The second-order valence-electron chi connectivity index (χ2n) is 24.0. The summed E-state index contributed by atoms with van der Waals surface area (Å²) in [5, 5.41) is 19.9. The molecule has 0 amide bonds. The van der Waals surface area contributed by atoms with Crippen LogP contribution in [0.5, 0.6) is 0 Å². The van der Waals surface area contributed by atoms with E-state index in [1.807, 2.05) is 0 Å². The first-order valence-corrected chi connectivity index (χ1v) is 28.8. The van der Waals surface area contributed by atoms with E-state index in [9.17, 15) is 5.26 Å². The SMILES string of the molecule is CC1=CC2C3CC(C)C=CC3N(C3=CC(N4C5C=CC=CC5C5C6C7=C(CCC=C7)N(C7C=CC=CC7)C6C=CC54)C(C#N)C=C3C3=NC(C4=CCCC=C4)NC(C4C=CC(C5CCCCC5)=CC4)N3)C2C=C1. The van der Waals surface area contributed by atoms with E-state index in [0.29, 0.717) is 53.5 Å². The van der Waals surface area contributed by atoms with Gasteiger partial charge in [-0.3, -0.25) is 10.2 Å². The Balaban J connectivity index is 0.882. The Hall–Kier alpha value is -5.68. The quantitative estimate of drug-likeness (QED) is 0.248. The Labute approximate surface area is 435 Å². The third-order valence-corrected chi connectivity index (χ3v) is 19.9. The summed E-state index contributed by atoms with van der Waals surface area (Å²) in [6.45, 7) is 4.68. The Kier molecular flexibility index (Phi) is 11.9. The number of nitrogens with zero attached hydrogens (tertiary/aromatic N) is 5. The average Bonchev–Trinajstić information content (AvgIpc) is 4.10. The molecular weight excluding hydrogens is 891 g/mol. The lowest BCUT2D eigenvalue weighted by molar-refractivity contribution is 0.136. The first kappa shape index (κ1) is 45.9. The van der Waals surface area contributed by atoms with Crippen molar-refractivity contribution >= 4 is 5.84 Å². The molecule has 0 aromatic heterocycles. The number of nitriles is 1. The molecule has 4 heterocycles. The van der Waals surface area contributed by atoms with Crippen LogP contribution in [0.2, 0.25) is 0 Å². The van der Waals surface area contributed by atoms with Crippen LogP contribution in [-0.4, -0.2) is 75.2 Å². The van der Waals surface area contributed by atoms with E-state index in [2.05, 4.69) is 197 Å². The first-order valence-electron chi connectivity index (χ1n) is 28.8. The minimum Gasteiger partial charge on any atom is -0.361 e. The Morgan fingerprint density at radius 2 is 1.55 bits per heavy atom. The first-order chi connectivity index (χ1) is 36.0. The summed E-state index contributed by atoms with van der Waals surface area (Å²) in [6, 6.07) is 4.33. The van der Waals surface area contributed by atoms with Crippen LogP contribution in [0, 0.1) is 64.6 Å². The van der Waals surface area contributed by atoms with Crippen molar-refractivity contribution in [3.63, 3.8) is 0 Å². The van der Waals surface area contributed by atoms with Crippen molar-refractivity contribution in [2.75, 3.05) is 0 Å². The highest BCUT2D eigenvalue weighted by atomic mass is 15.3. The summed E-state index contributed by atoms with van der Waals surface area (Å²) >= 11 is 0. The van der Waals surface area contributed by atoms with Crippen molar-refractivity contribution in [3.8, 4) is 6.07 Å². The molecule has 10 aliphatic carbocycles. The lowest BCUT2D eigenvalue weighted by Gasteiger charge is -2.45. The fourth-order valence-corrected chi connectivity index (χ4v) is 16.7. The van der Waals surface area contributed by atoms with Crippen LogP contribution in [0.3, 0.4) is 0 Å². The minimum absolute atomic E-state index is 0.0251. The molecule has 17 atom stereocenters. The maximum atomic E-state index is 11.8. The molecule has 14 aliphatic rings. The van der Waals surface area contributed by atoms with Gasteiger partial charge in [0, 0.05) is 52.7 Å². The maximum absolute atomic E-state index is 11.8. The highest BCUT2D eigenvalue weighted by molar-refractivity contribution is 6.03. The molecule has 14 rings (SSSR count). The standard InChI is InChI=1S/C66H75N7/c1-41-26-32-56-51(36-41)52-37-42(2)27-33-57(52)72(56)61-39-60(73-55-25-15-13-23-50(55)63-59(73)35-34-58-62(63)49-22-12-14-24-54(49)71(58)48-20-10-5-11-21-48)47(40-67)38-53(61)66-69-64(45-18-8-4-9-19-45)68-65(70-66)46-30-28-44(29-31-46)43-16-6-3-7-17-43/h5,8,10-13,15,18-20,22-23,25-30,32-36,38-39,42-43,46-48,50-52,55-60,62-65,68H,3-4,6-7,9,14,16-17,21,24,31,37H2,1-2H3,(H,69,70). The molecule has 7 heteroatoms. The van der Waals surface area contributed by atoms with Gasteiger partial charge >= 0.3 is 0 Å². The zero-order valence-electron chi connectivity index (χ0n) is 43.0. The summed E-state index contributed by atoms with van der Waals surface area (Å²) in [5.41, 5.74) is 9.62. The van der Waals surface area contributed by atoms with Gasteiger partial charge in [-0.05, 0) is 111 Å². The monoisotopic (exact) mass is 966 g/mol. The van der Waals surface area contributed by atoms with Gasteiger partial charge in [-0.15, -0.1) is 0 Å². The van der Waals surface area contributed by atoms with Crippen molar-refractivity contribution in [2.24, 2.45) is 58.3 Å². The summed E-state index contributed by atoms with van der Waals surface area (Å²) < 4.78 is 0. The molecule has 4 aliphatic heterocycles. The van der Waals surface area contributed by atoms with Crippen LogP contribution < -0.4 is 10.6 Å². The highest BCUT2D eigenvalue weighted by Crippen LogP contribution is 2.57. The minimum atomic E-state index is -0.382. The van der Waals surface area contributed by atoms with E-state index < -0.39 is 0 Å². The van der Waals surface area contributed by atoms with Gasteiger partial charge in [0.25, 0.3) is 0 Å². The number of hydrogen-bond acceptors (Lipinski definition) is 7. The smallest absolute Gasteiger partial charge is 0.133 e. The second-order valence-corrected chi connectivity index (χ2v) is 24.0. The predicted octanol–water partition coefficient (Wildman–Crippen LogP) is 12.1. The lowest BCUT2D eigenvalue weighted by atomic mass is 9.68. The van der Waals surface area contributed by atoms with Crippen molar-refractivity contribution < 1.29 is 0 Å². The number of hydrogen-bond donors (Lipinski definition) is 2. The van der Waals surface area contributed by atoms with Gasteiger partial charge < -0.3 is 15.1 Å². The molecule has 73 heavy (non-hydrogen) atoms.